The average molecular weight is 340 g/mol. The Morgan fingerprint density at radius 3 is 2.78 bits per heavy atom. The van der Waals surface area contributed by atoms with Crippen LogP contribution in [0.4, 0.5) is 5.82 Å². The summed E-state index contributed by atoms with van der Waals surface area (Å²) in [4.78, 5) is 16.4. The first-order chi connectivity index (χ1) is 10.9. The van der Waals surface area contributed by atoms with Crippen LogP contribution in [0.3, 0.4) is 0 Å². The van der Waals surface area contributed by atoms with E-state index in [4.69, 9.17) is 4.42 Å². The highest BCUT2D eigenvalue weighted by Crippen LogP contribution is 2.20. The predicted molar refractivity (Wildman–Crippen MR) is 84.7 cm³/mol. The molecule has 0 radical (unpaired) electrons. The van der Waals surface area contributed by atoms with Gasteiger partial charge >= 0.3 is 0 Å². The minimum absolute atomic E-state index is 0.000184. The van der Waals surface area contributed by atoms with Crippen molar-refractivity contribution >= 4 is 21.7 Å². The van der Waals surface area contributed by atoms with Gasteiger partial charge in [0.25, 0.3) is 15.9 Å². The molecule has 0 atom stereocenters. The third kappa shape index (κ3) is 3.73. The van der Waals surface area contributed by atoms with E-state index in [9.17, 15) is 13.2 Å². The van der Waals surface area contributed by atoms with Gasteiger partial charge in [0.05, 0.1) is 6.26 Å². The van der Waals surface area contributed by atoms with Crippen molar-refractivity contribution in [3.05, 3.63) is 30.1 Å². The number of carbonyl (C=O) groups excluding carboxylic acids is 1. The topological polar surface area (TPSA) is 106 Å². The summed E-state index contributed by atoms with van der Waals surface area (Å²) in [5.41, 5.74) is 0.172. The molecule has 0 fully saturated rings. The van der Waals surface area contributed by atoms with E-state index in [0.29, 0.717) is 12.4 Å². The van der Waals surface area contributed by atoms with Crippen LogP contribution in [0.1, 0.15) is 36.1 Å². The summed E-state index contributed by atoms with van der Waals surface area (Å²) < 4.78 is 33.2. The summed E-state index contributed by atoms with van der Waals surface area (Å²) in [7, 11) is -2.19. The fourth-order valence-electron chi connectivity index (χ4n) is 1.99. The van der Waals surface area contributed by atoms with Gasteiger partial charge in [-0.2, -0.15) is 0 Å². The lowest BCUT2D eigenvalue weighted by molar-refractivity contribution is 0.0945. The van der Waals surface area contributed by atoms with E-state index >= 15 is 0 Å². The lowest BCUT2D eigenvalue weighted by Crippen LogP contribution is -2.28. The van der Waals surface area contributed by atoms with Gasteiger partial charge in [0, 0.05) is 13.6 Å². The minimum Gasteiger partial charge on any atom is -0.471 e. The van der Waals surface area contributed by atoms with Crippen molar-refractivity contribution in [1.82, 2.24) is 14.9 Å². The van der Waals surface area contributed by atoms with Crippen molar-refractivity contribution in [2.45, 2.75) is 31.6 Å². The number of hydrogen-bond acceptors (Lipinski definition) is 5. The van der Waals surface area contributed by atoms with Gasteiger partial charge in [-0.25, -0.2) is 13.4 Å². The maximum atomic E-state index is 12.3. The third-order valence-electron chi connectivity index (χ3n) is 3.39. The van der Waals surface area contributed by atoms with E-state index in [2.05, 4.69) is 15.0 Å². The van der Waals surface area contributed by atoms with Gasteiger partial charge in [-0.3, -0.25) is 9.52 Å². The number of rotatable bonds is 7. The van der Waals surface area contributed by atoms with E-state index in [1.165, 1.54) is 12.3 Å². The molecule has 0 aliphatic carbocycles. The first kappa shape index (κ1) is 17.1. The summed E-state index contributed by atoms with van der Waals surface area (Å²) in [6.07, 6.45) is 4.17. The Morgan fingerprint density at radius 2 is 2.17 bits per heavy atom. The van der Waals surface area contributed by atoms with Crippen LogP contribution in [0.5, 0.6) is 0 Å². The molecule has 9 heteroatoms. The number of unbranched alkanes of at least 4 members (excludes halogenated alkanes) is 1. The first-order valence-corrected chi connectivity index (χ1v) is 8.71. The van der Waals surface area contributed by atoms with Crippen molar-refractivity contribution in [1.29, 1.82) is 0 Å². The second-order valence-electron chi connectivity index (χ2n) is 5.09. The molecule has 0 bridgehead atoms. The van der Waals surface area contributed by atoms with Crippen LogP contribution in [0.15, 0.2) is 27.9 Å². The van der Waals surface area contributed by atoms with Crippen molar-refractivity contribution in [3.63, 3.8) is 0 Å². The molecular formula is C14H20N4O4S. The maximum absolute atomic E-state index is 12.3. The zero-order chi connectivity index (χ0) is 17.0. The second-order valence-corrected chi connectivity index (χ2v) is 6.77. The molecule has 2 heterocycles. The van der Waals surface area contributed by atoms with Crippen molar-refractivity contribution in [2.75, 3.05) is 11.3 Å². The molecule has 0 aromatic carbocycles. The van der Waals surface area contributed by atoms with Gasteiger partial charge in [0.15, 0.2) is 11.5 Å². The molecule has 2 aromatic heterocycles. The lowest BCUT2D eigenvalue weighted by atomic mass is 10.3. The Morgan fingerprint density at radius 1 is 1.43 bits per heavy atom. The maximum Gasteiger partial charge on any atom is 0.271 e. The molecule has 0 saturated heterocycles. The summed E-state index contributed by atoms with van der Waals surface area (Å²) in [5.74, 6) is 0.155. The average Bonchev–Trinajstić information content (AvgIpc) is 3.09. The van der Waals surface area contributed by atoms with E-state index in [-0.39, 0.29) is 22.3 Å². The van der Waals surface area contributed by atoms with E-state index < -0.39 is 10.0 Å². The molecule has 8 nitrogen and oxygen atoms in total. The Balaban J connectivity index is 2.29. The number of aromatic nitrogens is 2. The normalized spacial score (nSPS) is 11.4. The smallest absolute Gasteiger partial charge is 0.271 e. The fraction of sp³-hybridized carbons (Fsp3) is 0.429. The monoisotopic (exact) mass is 340 g/mol. The summed E-state index contributed by atoms with van der Waals surface area (Å²) in [6, 6.07) is 1.32. The predicted octanol–water partition coefficient (Wildman–Crippen LogP) is 1.65. The standard InChI is InChI=1S/C14H20N4O4S/c1-4-5-7-15-14(19)12-13(16-10(2)18(12)3)17-23(20,21)11-6-8-22-9-11/h6,8-9,17H,4-5,7H2,1-3H3,(H,15,19). The molecule has 2 N–H and O–H groups in total. The van der Waals surface area contributed by atoms with E-state index in [1.54, 1.807) is 18.5 Å². The number of imidazole rings is 1. The molecule has 2 rings (SSSR count). The Kier molecular flexibility index (Phi) is 5.09. The number of nitrogens with one attached hydrogen (secondary N) is 2. The van der Waals surface area contributed by atoms with Gasteiger partial charge in [0.1, 0.15) is 17.0 Å². The molecule has 0 aliphatic rings. The molecule has 1 amide bonds. The minimum atomic E-state index is -3.85. The zero-order valence-electron chi connectivity index (χ0n) is 13.3. The van der Waals surface area contributed by atoms with Crippen LogP contribution >= 0.6 is 0 Å². The fourth-order valence-corrected chi connectivity index (χ4v) is 2.93. The van der Waals surface area contributed by atoms with Gasteiger partial charge in [0.2, 0.25) is 0 Å². The number of nitrogens with zero attached hydrogens (tertiary/aromatic N) is 2. The molecule has 2 aromatic rings. The molecule has 0 saturated carbocycles. The first-order valence-electron chi connectivity index (χ1n) is 7.23. The van der Waals surface area contributed by atoms with Crippen LogP contribution in [-0.2, 0) is 17.1 Å². The quantitative estimate of drug-likeness (QED) is 0.746. The molecule has 0 unspecified atom stereocenters. The number of anilines is 1. The Hall–Kier alpha value is -2.29. The number of amides is 1. The largest absolute Gasteiger partial charge is 0.471 e. The summed E-state index contributed by atoms with van der Waals surface area (Å²) in [5, 5.41) is 2.76. The number of aryl methyl sites for hydroxylation is 1. The molecule has 23 heavy (non-hydrogen) atoms. The summed E-state index contributed by atoms with van der Waals surface area (Å²) in [6.45, 7) is 4.23. The number of hydrogen-bond donors (Lipinski definition) is 2. The molecule has 0 spiro atoms. The van der Waals surface area contributed by atoms with Crippen molar-refractivity contribution in [3.8, 4) is 0 Å². The molecular weight excluding hydrogens is 320 g/mol. The van der Waals surface area contributed by atoms with Crippen LogP contribution < -0.4 is 10.0 Å². The number of carbonyl (C=O) groups is 1. The van der Waals surface area contributed by atoms with Gasteiger partial charge in [-0.1, -0.05) is 13.3 Å². The molecule has 126 valence electrons. The highest BCUT2D eigenvalue weighted by Gasteiger charge is 2.24. The zero-order valence-corrected chi connectivity index (χ0v) is 14.1. The van der Waals surface area contributed by atoms with Crippen LogP contribution in [0.2, 0.25) is 0 Å². The number of sulfonamides is 1. The number of furan rings is 1. The lowest BCUT2D eigenvalue weighted by Gasteiger charge is -2.09. The molecule has 0 aliphatic heterocycles. The van der Waals surface area contributed by atoms with Gasteiger partial charge < -0.3 is 14.3 Å². The second kappa shape index (κ2) is 6.86. The van der Waals surface area contributed by atoms with Crippen LogP contribution in [0, 0.1) is 6.92 Å². The van der Waals surface area contributed by atoms with E-state index in [0.717, 1.165) is 19.1 Å². The third-order valence-corrected chi connectivity index (χ3v) is 4.70. The van der Waals surface area contributed by atoms with Crippen LogP contribution in [0.25, 0.3) is 0 Å². The van der Waals surface area contributed by atoms with Gasteiger partial charge in [-0.15, -0.1) is 0 Å². The van der Waals surface area contributed by atoms with Crippen LogP contribution in [-0.4, -0.2) is 30.4 Å². The van der Waals surface area contributed by atoms with E-state index in [1.807, 2.05) is 6.92 Å². The summed E-state index contributed by atoms with van der Waals surface area (Å²) >= 11 is 0. The highest BCUT2D eigenvalue weighted by molar-refractivity contribution is 7.92. The highest BCUT2D eigenvalue weighted by atomic mass is 32.2. The SMILES string of the molecule is CCCCNC(=O)c1c(NS(=O)(=O)c2ccoc2)nc(C)n1C. The van der Waals surface area contributed by atoms with Gasteiger partial charge in [-0.05, 0) is 19.4 Å². The Labute approximate surface area is 134 Å². The Bertz CT molecular complexity index is 778. The van der Waals surface area contributed by atoms with Crippen molar-refractivity contribution in [2.24, 2.45) is 7.05 Å². The van der Waals surface area contributed by atoms with Crippen molar-refractivity contribution < 1.29 is 17.6 Å².